The lowest BCUT2D eigenvalue weighted by molar-refractivity contribution is 0.570. The summed E-state index contributed by atoms with van der Waals surface area (Å²) in [4.78, 5) is 5.75. The maximum Gasteiger partial charge on any atom is 0.113 e. The first-order valence-corrected chi connectivity index (χ1v) is 6.03. The minimum Gasteiger partial charge on any atom is -0.323 e. The molecule has 0 saturated heterocycles. The molecule has 1 aliphatic rings. The van der Waals surface area contributed by atoms with Crippen molar-refractivity contribution < 1.29 is 0 Å². The highest BCUT2D eigenvalue weighted by Crippen LogP contribution is 2.36. The number of aryl methyl sites for hydroxylation is 1. The van der Waals surface area contributed by atoms with Crippen molar-refractivity contribution in [2.75, 3.05) is 0 Å². The standard InChI is InChI=1S/C11H15N3S/c1-11(2,6-12)10-14-8-5-3-4-7(13)9(8)15-10/h7H,3-5,13H2,1-2H3. The summed E-state index contributed by atoms with van der Waals surface area (Å²) in [5.41, 5.74) is 6.67. The average molecular weight is 221 g/mol. The van der Waals surface area contributed by atoms with Crippen LogP contribution in [0.3, 0.4) is 0 Å². The van der Waals surface area contributed by atoms with Crippen molar-refractivity contribution in [1.82, 2.24) is 4.98 Å². The fourth-order valence-electron chi connectivity index (χ4n) is 1.77. The molecule has 80 valence electrons. The molecule has 0 aliphatic heterocycles. The molecule has 4 heteroatoms. The molecular weight excluding hydrogens is 206 g/mol. The Balaban J connectivity index is 2.43. The van der Waals surface area contributed by atoms with Crippen molar-refractivity contribution in [2.45, 2.75) is 44.6 Å². The molecule has 0 amide bonds. The highest BCUT2D eigenvalue weighted by atomic mass is 32.1. The van der Waals surface area contributed by atoms with E-state index < -0.39 is 5.41 Å². The van der Waals surface area contributed by atoms with Gasteiger partial charge in [-0.15, -0.1) is 11.3 Å². The minimum absolute atomic E-state index is 0.134. The Kier molecular flexibility index (Phi) is 2.53. The van der Waals surface area contributed by atoms with Gasteiger partial charge in [0.15, 0.2) is 0 Å². The molecule has 1 aromatic rings. The molecule has 2 N–H and O–H groups in total. The third-order valence-electron chi connectivity index (χ3n) is 2.81. The van der Waals surface area contributed by atoms with Gasteiger partial charge in [0, 0.05) is 10.9 Å². The SMILES string of the molecule is CC(C)(C#N)c1nc2c(s1)C(N)CCC2. The maximum atomic E-state index is 9.06. The van der Waals surface area contributed by atoms with Crippen LogP contribution >= 0.6 is 11.3 Å². The van der Waals surface area contributed by atoms with Crippen molar-refractivity contribution in [1.29, 1.82) is 5.26 Å². The topological polar surface area (TPSA) is 62.7 Å². The van der Waals surface area contributed by atoms with Crippen LogP contribution in [-0.4, -0.2) is 4.98 Å². The van der Waals surface area contributed by atoms with Gasteiger partial charge in [-0.3, -0.25) is 0 Å². The van der Waals surface area contributed by atoms with E-state index in [0.717, 1.165) is 30.0 Å². The first kappa shape index (κ1) is 10.6. The van der Waals surface area contributed by atoms with Crippen LogP contribution in [-0.2, 0) is 11.8 Å². The van der Waals surface area contributed by atoms with Crippen LogP contribution < -0.4 is 5.73 Å². The lowest BCUT2D eigenvalue weighted by Gasteiger charge is -2.15. The lowest BCUT2D eigenvalue weighted by Crippen LogP contribution is -2.15. The van der Waals surface area contributed by atoms with Crippen LogP contribution in [0, 0.1) is 11.3 Å². The summed E-state index contributed by atoms with van der Waals surface area (Å²) in [6.45, 7) is 3.81. The predicted octanol–water partition coefficient (Wildman–Crippen LogP) is 2.28. The Morgan fingerprint density at radius 3 is 2.93 bits per heavy atom. The summed E-state index contributed by atoms with van der Waals surface area (Å²) in [5.74, 6) is 0. The Bertz CT molecular complexity index is 414. The van der Waals surface area contributed by atoms with Gasteiger partial charge in [0.25, 0.3) is 0 Å². The van der Waals surface area contributed by atoms with E-state index in [-0.39, 0.29) is 6.04 Å². The van der Waals surface area contributed by atoms with Gasteiger partial charge >= 0.3 is 0 Å². The van der Waals surface area contributed by atoms with Gasteiger partial charge in [0.1, 0.15) is 10.4 Å². The minimum atomic E-state index is -0.484. The van der Waals surface area contributed by atoms with Crippen LogP contribution in [0.15, 0.2) is 0 Å². The molecule has 0 aromatic carbocycles. The second-order valence-electron chi connectivity index (χ2n) is 4.57. The summed E-state index contributed by atoms with van der Waals surface area (Å²) in [6, 6.07) is 2.42. The number of hydrogen-bond acceptors (Lipinski definition) is 4. The second kappa shape index (κ2) is 3.58. The van der Waals surface area contributed by atoms with Gasteiger partial charge in [0.2, 0.25) is 0 Å². The molecule has 0 saturated carbocycles. The number of rotatable bonds is 1. The number of nitrogens with zero attached hydrogens (tertiary/aromatic N) is 2. The van der Waals surface area contributed by atoms with Crippen LogP contribution in [0.2, 0.25) is 0 Å². The molecule has 1 unspecified atom stereocenters. The second-order valence-corrected chi connectivity index (χ2v) is 5.60. The van der Waals surface area contributed by atoms with Crippen molar-refractivity contribution >= 4 is 11.3 Å². The quantitative estimate of drug-likeness (QED) is 0.791. The maximum absolute atomic E-state index is 9.06. The molecule has 1 atom stereocenters. The molecule has 0 radical (unpaired) electrons. The number of hydrogen-bond donors (Lipinski definition) is 1. The number of aromatic nitrogens is 1. The van der Waals surface area contributed by atoms with E-state index in [1.807, 2.05) is 13.8 Å². The summed E-state index contributed by atoms with van der Waals surface area (Å²) in [5, 5.41) is 9.97. The van der Waals surface area contributed by atoms with E-state index in [4.69, 9.17) is 11.0 Å². The van der Waals surface area contributed by atoms with E-state index in [2.05, 4.69) is 11.1 Å². The number of nitrogens with two attached hydrogens (primary N) is 1. The number of thiazole rings is 1. The Labute approximate surface area is 93.9 Å². The summed E-state index contributed by atoms with van der Waals surface area (Å²) in [7, 11) is 0. The molecule has 2 rings (SSSR count). The summed E-state index contributed by atoms with van der Waals surface area (Å²) in [6.07, 6.45) is 3.17. The third-order valence-corrected chi connectivity index (χ3v) is 4.36. The molecule has 1 aromatic heterocycles. The molecule has 0 bridgehead atoms. The van der Waals surface area contributed by atoms with Crippen molar-refractivity contribution in [3.05, 3.63) is 15.6 Å². The zero-order chi connectivity index (χ0) is 11.1. The van der Waals surface area contributed by atoms with Crippen molar-refractivity contribution in [3.8, 4) is 6.07 Å². The summed E-state index contributed by atoms with van der Waals surface area (Å²) >= 11 is 1.62. The lowest BCUT2D eigenvalue weighted by atomic mass is 9.96. The van der Waals surface area contributed by atoms with Gasteiger partial charge in [-0.1, -0.05) is 0 Å². The Morgan fingerprint density at radius 2 is 2.33 bits per heavy atom. The summed E-state index contributed by atoms with van der Waals surface area (Å²) < 4.78 is 0. The van der Waals surface area contributed by atoms with Crippen molar-refractivity contribution in [3.63, 3.8) is 0 Å². The van der Waals surface area contributed by atoms with Crippen LogP contribution in [0.5, 0.6) is 0 Å². The van der Waals surface area contributed by atoms with Crippen molar-refractivity contribution in [2.24, 2.45) is 5.73 Å². The average Bonchev–Trinajstić information content (AvgIpc) is 2.64. The Morgan fingerprint density at radius 1 is 1.60 bits per heavy atom. The smallest absolute Gasteiger partial charge is 0.113 e. The van der Waals surface area contributed by atoms with E-state index in [0.29, 0.717) is 0 Å². The van der Waals surface area contributed by atoms with Gasteiger partial charge in [0.05, 0.1) is 11.8 Å². The highest BCUT2D eigenvalue weighted by Gasteiger charge is 2.29. The van der Waals surface area contributed by atoms with Gasteiger partial charge < -0.3 is 5.73 Å². The van der Waals surface area contributed by atoms with Crippen LogP contribution in [0.1, 0.15) is 48.3 Å². The molecule has 3 nitrogen and oxygen atoms in total. The largest absolute Gasteiger partial charge is 0.323 e. The van der Waals surface area contributed by atoms with Gasteiger partial charge in [-0.2, -0.15) is 5.26 Å². The fraction of sp³-hybridized carbons (Fsp3) is 0.636. The molecule has 1 aliphatic carbocycles. The van der Waals surface area contributed by atoms with E-state index >= 15 is 0 Å². The van der Waals surface area contributed by atoms with Crippen LogP contribution in [0.4, 0.5) is 0 Å². The molecular formula is C11H15N3S. The normalized spacial score (nSPS) is 20.8. The number of nitriles is 1. The Hall–Kier alpha value is -0.920. The highest BCUT2D eigenvalue weighted by molar-refractivity contribution is 7.12. The number of fused-ring (bicyclic) bond motifs is 1. The zero-order valence-electron chi connectivity index (χ0n) is 9.08. The molecule has 15 heavy (non-hydrogen) atoms. The van der Waals surface area contributed by atoms with E-state index in [1.54, 1.807) is 11.3 Å². The monoisotopic (exact) mass is 221 g/mol. The molecule has 1 heterocycles. The fourth-order valence-corrected chi connectivity index (χ4v) is 2.97. The van der Waals surface area contributed by atoms with E-state index in [1.165, 1.54) is 4.88 Å². The predicted molar refractivity (Wildman–Crippen MR) is 60.6 cm³/mol. The first-order valence-electron chi connectivity index (χ1n) is 5.21. The molecule has 0 spiro atoms. The van der Waals surface area contributed by atoms with Gasteiger partial charge in [-0.25, -0.2) is 4.98 Å². The van der Waals surface area contributed by atoms with Gasteiger partial charge in [-0.05, 0) is 33.1 Å². The van der Waals surface area contributed by atoms with E-state index in [9.17, 15) is 0 Å². The third kappa shape index (κ3) is 1.77. The molecule has 0 fully saturated rings. The zero-order valence-corrected chi connectivity index (χ0v) is 9.90. The first-order chi connectivity index (χ1) is 7.04. The van der Waals surface area contributed by atoms with Crippen LogP contribution in [0.25, 0.3) is 0 Å².